The van der Waals surface area contributed by atoms with Crippen LogP contribution in [0.4, 0.5) is 5.69 Å². The van der Waals surface area contributed by atoms with Crippen LogP contribution >= 0.6 is 0 Å². The molecule has 0 unspecified atom stereocenters. The molecule has 7 nitrogen and oxygen atoms in total. The van der Waals surface area contributed by atoms with E-state index in [0.29, 0.717) is 37.2 Å². The minimum absolute atomic E-state index is 0.109. The Bertz CT molecular complexity index is 803. The van der Waals surface area contributed by atoms with Crippen molar-refractivity contribution in [3.8, 4) is 0 Å². The fourth-order valence-electron chi connectivity index (χ4n) is 3.79. The largest absolute Gasteiger partial charge is 0.339 e. The average Bonchev–Trinajstić information content (AvgIpc) is 2.94. The van der Waals surface area contributed by atoms with Crippen LogP contribution in [0.25, 0.3) is 0 Å². The summed E-state index contributed by atoms with van der Waals surface area (Å²) >= 11 is 0. The van der Waals surface area contributed by atoms with Crippen molar-refractivity contribution < 1.29 is 19.2 Å². The number of carbonyl (C=O) groups excluding carboxylic acids is 4. The van der Waals surface area contributed by atoms with Crippen molar-refractivity contribution in [2.24, 2.45) is 11.8 Å². The predicted octanol–water partition coefficient (Wildman–Crippen LogP) is 2.06. The molecule has 2 atom stereocenters. The van der Waals surface area contributed by atoms with Crippen LogP contribution in [-0.4, -0.2) is 53.1 Å². The lowest BCUT2D eigenvalue weighted by Crippen LogP contribution is -2.38. The summed E-state index contributed by atoms with van der Waals surface area (Å²) < 4.78 is 0. The summed E-state index contributed by atoms with van der Waals surface area (Å²) in [5.74, 6) is -1.82. The zero-order valence-electron chi connectivity index (χ0n) is 16.2. The topological polar surface area (TPSA) is 86.8 Å². The van der Waals surface area contributed by atoms with Gasteiger partial charge in [-0.05, 0) is 44.9 Å². The molecule has 1 N–H and O–H groups in total. The minimum atomic E-state index is -0.458. The van der Waals surface area contributed by atoms with Crippen LogP contribution in [0.3, 0.4) is 0 Å². The summed E-state index contributed by atoms with van der Waals surface area (Å²) in [6.07, 6.45) is 4.91. The molecule has 3 rings (SSSR count). The van der Waals surface area contributed by atoms with Crippen molar-refractivity contribution >= 4 is 29.3 Å². The molecule has 0 bridgehead atoms. The molecule has 0 spiro atoms. The van der Waals surface area contributed by atoms with Gasteiger partial charge in [-0.15, -0.1) is 0 Å². The summed E-state index contributed by atoms with van der Waals surface area (Å²) in [5.41, 5.74) is 0.938. The van der Waals surface area contributed by atoms with Crippen LogP contribution in [0, 0.1) is 11.8 Å². The Morgan fingerprint density at radius 1 is 1.07 bits per heavy atom. The molecule has 0 radical (unpaired) electrons. The smallest absolute Gasteiger partial charge is 0.253 e. The van der Waals surface area contributed by atoms with E-state index in [-0.39, 0.29) is 36.1 Å². The fraction of sp³-hybridized carbons (Fsp3) is 0.429. The molecule has 7 heteroatoms. The molecule has 4 amide bonds. The first-order valence-corrected chi connectivity index (χ1v) is 9.65. The van der Waals surface area contributed by atoms with E-state index in [1.54, 1.807) is 29.2 Å². The van der Waals surface area contributed by atoms with E-state index < -0.39 is 5.91 Å². The van der Waals surface area contributed by atoms with Gasteiger partial charge in [0.1, 0.15) is 6.54 Å². The Labute approximate surface area is 164 Å². The summed E-state index contributed by atoms with van der Waals surface area (Å²) in [4.78, 5) is 52.6. The van der Waals surface area contributed by atoms with Crippen LogP contribution in [0.15, 0.2) is 36.4 Å². The Morgan fingerprint density at radius 2 is 1.68 bits per heavy atom. The normalized spacial score (nSPS) is 20.9. The van der Waals surface area contributed by atoms with Crippen molar-refractivity contribution in [2.75, 3.05) is 25.0 Å². The average molecular weight is 383 g/mol. The van der Waals surface area contributed by atoms with Gasteiger partial charge in [0.25, 0.3) is 5.91 Å². The molecule has 2 aliphatic rings. The highest BCUT2D eigenvalue weighted by atomic mass is 16.2. The van der Waals surface area contributed by atoms with Gasteiger partial charge in [-0.1, -0.05) is 18.2 Å². The maximum Gasteiger partial charge on any atom is 0.253 e. The minimum Gasteiger partial charge on any atom is -0.339 e. The summed E-state index contributed by atoms with van der Waals surface area (Å²) in [6, 6.07) is 6.67. The lowest BCUT2D eigenvalue weighted by atomic mass is 9.85. The van der Waals surface area contributed by atoms with Crippen LogP contribution in [0.2, 0.25) is 0 Å². The van der Waals surface area contributed by atoms with Gasteiger partial charge in [0, 0.05) is 24.3 Å². The zero-order chi connectivity index (χ0) is 20.3. The lowest BCUT2D eigenvalue weighted by Gasteiger charge is -2.19. The predicted molar refractivity (Wildman–Crippen MR) is 104 cm³/mol. The lowest BCUT2D eigenvalue weighted by molar-refractivity contribution is -0.142. The number of allylic oxidation sites excluding steroid dienone is 2. The van der Waals surface area contributed by atoms with E-state index in [1.165, 1.54) is 0 Å². The Kier molecular flexibility index (Phi) is 5.92. The molecular weight excluding hydrogens is 358 g/mol. The third-order valence-corrected chi connectivity index (χ3v) is 5.34. The monoisotopic (exact) mass is 383 g/mol. The number of amides is 4. The molecule has 0 aromatic heterocycles. The second-order valence-corrected chi connectivity index (χ2v) is 7.02. The molecule has 28 heavy (non-hydrogen) atoms. The first kappa shape index (κ1) is 19.8. The van der Waals surface area contributed by atoms with Crippen molar-refractivity contribution in [1.29, 1.82) is 0 Å². The van der Waals surface area contributed by atoms with E-state index in [9.17, 15) is 19.2 Å². The van der Waals surface area contributed by atoms with E-state index in [1.807, 2.05) is 26.0 Å². The molecule has 1 saturated heterocycles. The molecule has 1 aliphatic carbocycles. The number of likely N-dealkylation sites (tertiary alicyclic amines) is 1. The molecule has 1 aliphatic heterocycles. The number of rotatable bonds is 6. The van der Waals surface area contributed by atoms with Gasteiger partial charge in [0.15, 0.2) is 0 Å². The number of nitrogens with zero attached hydrogens (tertiary/aromatic N) is 2. The summed E-state index contributed by atoms with van der Waals surface area (Å²) in [5, 5.41) is 2.69. The Morgan fingerprint density at radius 3 is 2.25 bits per heavy atom. The second kappa shape index (κ2) is 8.37. The van der Waals surface area contributed by atoms with Gasteiger partial charge in [-0.25, -0.2) is 0 Å². The van der Waals surface area contributed by atoms with Crippen molar-refractivity contribution in [1.82, 2.24) is 9.80 Å². The number of benzene rings is 1. The van der Waals surface area contributed by atoms with Gasteiger partial charge in [-0.2, -0.15) is 0 Å². The van der Waals surface area contributed by atoms with Gasteiger partial charge in [0.2, 0.25) is 17.7 Å². The van der Waals surface area contributed by atoms with Crippen LogP contribution in [0.1, 0.15) is 37.0 Å². The molecule has 1 aromatic rings. The first-order chi connectivity index (χ1) is 13.5. The molecule has 148 valence electrons. The number of fused-ring (bicyclic) bond motifs is 1. The number of hydrogen-bond acceptors (Lipinski definition) is 4. The third-order valence-electron chi connectivity index (χ3n) is 5.34. The highest BCUT2D eigenvalue weighted by molar-refractivity contribution is 6.09. The number of anilines is 1. The van der Waals surface area contributed by atoms with Gasteiger partial charge in [0.05, 0.1) is 11.8 Å². The van der Waals surface area contributed by atoms with Gasteiger partial charge in [-0.3, -0.25) is 24.1 Å². The van der Waals surface area contributed by atoms with Crippen LogP contribution in [-0.2, 0) is 14.4 Å². The first-order valence-electron chi connectivity index (χ1n) is 9.65. The fourth-order valence-corrected chi connectivity index (χ4v) is 3.79. The number of nitrogens with one attached hydrogen (secondary N) is 1. The van der Waals surface area contributed by atoms with Gasteiger partial charge < -0.3 is 10.2 Å². The Balaban J connectivity index is 1.66. The summed E-state index contributed by atoms with van der Waals surface area (Å²) in [7, 11) is 0. The number of imide groups is 1. The zero-order valence-corrected chi connectivity index (χ0v) is 16.2. The Hall–Kier alpha value is -2.96. The highest BCUT2D eigenvalue weighted by Crippen LogP contribution is 2.34. The summed E-state index contributed by atoms with van der Waals surface area (Å²) in [6.45, 7) is 4.71. The second-order valence-electron chi connectivity index (χ2n) is 7.02. The molecule has 1 aromatic carbocycles. The molecule has 1 heterocycles. The van der Waals surface area contributed by atoms with E-state index in [2.05, 4.69) is 5.32 Å². The quantitative estimate of drug-likeness (QED) is 0.602. The van der Waals surface area contributed by atoms with Crippen molar-refractivity contribution in [3.63, 3.8) is 0 Å². The van der Waals surface area contributed by atoms with E-state index >= 15 is 0 Å². The number of carbonyl (C=O) groups is 4. The van der Waals surface area contributed by atoms with Crippen molar-refractivity contribution in [2.45, 2.75) is 26.7 Å². The van der Waals surface area contributed by atoms with E-state index in [0.717, 1.165) is 4.90 Å². The SMILES string of the molecule is CCN(CC)C(=O)c1cccc(NC(=O)CN2C(=O)[C@H]3CC=CC[C@H]3C2=O)c1. The maximum atomic E-state index is 12.5. The third kappa shape index (κ3) is 3.83. The van der Waals surface area contributed by atoms with E-state index in [4.69, 9.17) is 0 Å². The highest BCUT2D eigenvalue weighted by Gasteiger charge is 2.47. The standard InChI is InChI=1S/C21H25N3O4/c1-3-23(4-2)19(26)14-8-7-9-15(12-14)22-18(25)13-24-20(27)16-10-5-6-11-17(16)21(24)28/h5-9,12,16-17H,3-4,10-11,13H2,1-2H3,(H,22,25)/t16-,17+. The maximum absolute atomic E-state index is 12.5. The molecule has 0 saturated carbocycles. The molecule has 1 fully saturated rings. The number of hydrogen-bond donors (Lipinski definition) is 1. The van der Waals surface area contributed by atoms with Crippen LogP contribution < -0.4 is 5.32 Å². The van der Waals surface area contributed by atoms with Gasteiger partial charge >= 0.3 is 0 Å². The van der Waals surface area contributed by atoms with Crippen LogP contribution in [0.5, 0.6) is 0 Å². The van der Waals surface area contributed by atoms with Crippen molar-refractivity contribution in [3.05, 3.63) is 42.0 Å². The molecular formula is C21H25N3O4.